The molecule has 1 heterocycles. The molecule has 1 fully saturated rings. The van der Waals surface area contributed by atoms with E-state index in [1.807, 2.05) is 43.3 Å². The van der Waals surface area contributed by atoms with Crippen LogP contribution in [0.3, 0.4) is 0 Å². The van der Waals surface area contributed by atoms with Crippen LogP contribution in [0.15, 0.2) is 36.4 Å². The normalized spacial score (nSPS) is 19.1. The Hall–Kier alpha value is -3.22. The molecule has 2 aromatic rings. The van der Waals surface area contributed by atoms with E-state index in [-0.39, 0.29) is 30.4 Å². The minimum atomic E-state index is -0.318. The van der Waals surface area contributed by atoms with Crippen LogP contribution in [0.5, 0.6) is 17.2 Å². The van der Waals surface area contributed by atoms with Crippen molar-refractivity contribution in [3.63, 3.8) is 0 Å². The van der Waals surface area contributed by atoms with E-state index in [1.165, 1.54) is 0 Å². The number of benzene rings is 2. The van der Waals surface area contributed by atoms with Crippen molar-refractivity contribution >= 4 is 17.5 Å². The van der Waals surface area contributed by atoms with Crippen molar-refractivity contribution in [1.29, 1.82) is 0 Å². The molecule has 28 heavy (non-hydrogen) atoms. The largest absolute Gasteiger partial charge is 0.495 e. The van der Waals surface area contributed by atoms with Gasteiger partial charge in [-0.3, -0.25) is 9.59 Å². The Morgan fingerprint density at radius 1 is 1.07 bits per heavy atom. The second-order valence-electron chi connectivity index (χ2n) is 7.05. The summed E-state index contributed by atoms with van der Waals surface area (Å²) < 4.78 is 15.9. The quantitative estimate of drug-likeness (QED) is 0.802. The van der Waals surface area contributed by atoms with Crippen LogP contribution in [0.1, 0.15) is 17.5 Å². The van der Waals surface area contributed by atoms with E-state index >= 15 is 0 Å². The van der Waals surface area contributed by atoms with Crippen molar-refractivity contribution in [3.8, 4) is 17.2 Å². The first-order valence-corrected chi connectivity index (χ1v) is 9.17. The monoisotopic (exact) mass is 382 g/mol. The highest BCUT2D eigenvalue weighted by Crippen LogP contribution is 2.40. The molecule has 7 heteroatoms. The number of hydrogen-bond donors (Lipinski definition) is 2. The van der Waals surface area contributed by atoms with Crippen molar-refractivity contribution in [1.82, 2.24) is 5.32 Å². The van der Waals surface area contributed by atoms with Gasteiger partial charge in [-0.2, -0.15) is 0 Å². The van der Waals surface area contributed by atoms with Gasteiger partial charge in [-0.15, -0.1) is 0 Å². The molecule has 1 aliphatic carbocycles. The molecule has 0 aromatic heterocycles. The highest BCUT2D eigenvalue weighted by molar-refractivity contribution is 6.00. The number of carbonyl (C=O) groups is 2. The Morgan fingerprint density at radius 2 is 1.86 bits per heavy atom. The molecular weight excluding hydrogens is 360 g/mol. The van der Waals surface area contributed by atoms with Gasteiger partial charge in [0.25, 0.3) is 0 Å². The zero-order valence-electron chi connectivity index (χ0n) is 15.8. The molecule has 4 rings (SSSR count). The highest BCUT2D eigenvalue weighted by atomic mass is 16.7. The van der Waals surface area contributed by atoms with Crippen LogP contribution in [0.4, 0.5) is 5.69 Å². The van der Waals surface area contributed by atoms with Crippen LogP contribution in [0.25, 0.3) is 0 Å². The summed E-state index contributed by atoms with van der Waals surface area (Å²) in [6.07, 6.45) is 0.549. The van der Waals surface area contributed by atoms with E-state index < -0.39 is 0 Å². The summed E-state index contributed by atoms with van der Waals surface area (Å²) in [5.41, 5.74) is 2.56. The van der Waals surface area contributed by atoms with E-state index in [1.54, 1.807) is 7.11 Å². The first-order chi connectivity index (χ1) is 13.5. The molecule has 2 N–H and O–H groups in total. The van der Waals surface area contributed by atoms with E-state index in [9.17, 15) is 9.59 Å². The van der Waals surface area contributed by atoms with Gasteiger partial charge in [0.1, 0.15) is 5.75 Å². The molecule has 2 atom stereocenters. The van der Waals surface area contributed by atoms with Crippen LogP contribution in [-0.4, -0.2) is 25.7 Å². The molecule has 2 aliphatic rings. The summed E-state index contributed by atoms with van der Waals surface area (Å²) in [6, 6.07) is 11.1. The van der Waals surface area contributed by atoms with Gasteiger partial charge < -0.3 is 24.8 Å². The Balaban J connectivity index is 1.30. The molecule has 1 saturated carbocycles. The SMILES string of the molecule is COc1ccc(C)cc1NC(=O)C1CC1C(=O)NCc1ccc2c(c1)OCO2. The molecule has 146 valence electrons. The lowest BCUT2D eigenvalue weighted by Gasteiger charge is -2.11. The minimum Gasteiger partial charge on any atom is -0.495 e. The molecular formula is C21H22N2O5. The maximum atomic E-state index is 12.5. The van der Waals surface area contributed by atoms with Gasteiger partial charge in [-0.05, 0) is 48.7 Å². The summed E-state index contributed by atoms with van der Waals surface area (Å²) in [4.78, 5) is 24.9. The van der Waals surface area contributed by atoms with Gasteiger partial charge in [-0.25, -0.2) is 0 Å². The standard InChI is InChI=1S/C21H22N2O5/c1-12-3-5-17(26-2)16(7-12)23-21(25)15-9-14(15)20(24)22-10-13-4-6-18-19(8-13)28-11-27-18/h3-8,14-15H,9-11H2,1-2H3,(H,22,24)(H,23,25). The molecule has 2 aromatic carbocycles. The van der Waals surface area contributed by atoms with Crippen LogP contribution in [0, 0.1) is 18.8 Å². The van der Waals surface area contributed by atoms with E-state index in [0.717, 1.165) is 11.1 Å². The summed E-state index contributed by atoms with van der Waals surface area (Å²) in [7, 11) is 1.56. The number of methoxy groups -OCH3 is 1. The fraction of sp³-hybridized carbons (Fsp3) is 0.333. The molecule has 2 amide bonds. The molecule has 1 aliphatic heterocycles. The second kappa shape index (κ2) is 7.42. The predicted molar refractivity (Wildman–Crippen MR) is 102 cm³/mol. The number of aryl methyl sites for hydroxylation is 1. The lowest BCUT2D eigenvalue weighted by molar-refractivity contribution is -0.125. The maximum Gasteiger partial charge on any atom is 0.231 e. The smallest absolute Gasteiger partial charge is 0.231 e. The topological polar surface area (TPSA) is 85.9 Å². The average molecular weight is 382 g/mol. The van der Waals surface area contributed by atoms with E-state index in [2.05, 4.69) is 10.6 Å². The summed E-state index contributed by atoms with van der Waals surface area (Å²) in [5.74, 6) is 1.10. The van der Waals surface area contributed by atoms with Crippen LogP contribution in [0.2, 0.25) is 0 Å². The summed E-state index contributed by atoms with van der Waals surface area (Å²) in [5, 5.41) is 5.77. The van der Waals surface area contributed by atoms with Crippen molar-refractivity contribution in [3.05, 3.63) is 47.5 Å². The van der Waals surface area contributed by atoms with Gasteiger partial charge in [-0.1, -0.05) is 12.1 Å². The number of hydrogen-bond acceptors (Lipinski definition) is 5. The van der Waals surface area contributed by atoms with Crippen LogP contribution in [-0.2, 0) is 16.1 Å². The fourth-order valence-corrected chi connectivity index (χ4v) is 3.29. The zero-order valence-corrected chi connectivity index (χ0v) is 15.8. The van der Waals surface area contributed by atoms with Gasteiger partial charge in [0.2, 0.25) is 18.6 Å². The Bertz CT molecular complexity index is 927. The number of fused-ring (bicyclic) bond motifs is 1. The number of nitrogens with one attached hydrogen (secondary N) is 2. The van der Waals surface area contributed by atoms with E-state index in [0.29, 0.717) is 35.9 Å². The van der Waals surface area contributed by atoms with Gasteiger partial charge in [0, 0.05) is 6.54 Å². The summed E-state index contributed by atoms with van der Waals surface area (Å²) >= 11 is 0. The van der Waals surface area contributed by atoms with Crippen molar-refractivity contribution in [2.75, 3.05) is 19.2 Å². The van der Waals surface area contributed by atoms with Gasteiger partial charge in [0.15, 0.2) is 11.5 Å². The zero-order chi connectivity index (χ0) is 19.7. The van der Waals surface area contributed by atoms with Gasteiger partial charge in [0.05, 0.1) is 24.6 Å². The molecule has 0 bridgehead atoms. The number of rotatable bonds is 6. The van der Waals surface area contributed by atoms with Crippen LogP contribution >= 0.6 is 0 Å². The molecule has 0 saturated heterocycles. The predicted octanol–water partition coefficient (Wildman–Crippen LogP) is 2.62. The Morgan fingerprint density at radius 3 is 2.68 bits per heavy atom. The van der Waals surface area contributed by atoms with Crippen molar-refractivity contribution < 1.29 is 23.8 Å². The maximum absolute atomic E-state index is 12.5. The Labute approximate surface area is 163 Å². The first-order valence-electron chi connectivity index (χ1n) is 9.17. The molecule has 2 unspecified atom stereocenters. The number of ether oxygens (including phenoxy) is 3. The third-order valence-corrected chi connectivity index (χ3v) is 4.98. The Kier molecular flexibility index (Phi) is 4.81. The lowest BCUT2D eigenvalue weighted by Crippen LogP contribution is -2.27. The first kappa shape index (κ1) is 18.2. The van der Waals surface area contributed by atoms with Crippen molar-refractivity contribution in [2.24, 2.45) is 11.8 Å². The molecule has 7 nitrogen and oxygen atoms in total. The van der Waals surface area contributed by atoms with E-state index in [4.69, 9.17) is 14.2 Å². The lowest BCUT2D eigenvalue weighted by atomic mass is 10.2. The highest BCUT2D eigenvalue weighted by Gasteiger charge is 2.48. The number of carbonyl (C=O) groups excluding carboxylic acids is 2. The van der Waals surface area contributed by atoms with Crippen LogP contribution < -0.4 is 24.8 Å². The fourth-order valence-electron chi connectivity index (χ4n) is 3.29. The van der Waals surface area contributed by atoms with Crippen molar-refractivity contribution in [2.45, 2.75) is 19.9 Å². The number of amides is 2. The minimum absolute atomic E-state index is 0.117. The molecule has 0 radical (unpaired) electrons. The summed E-state index contributed by atoms with van der Waals surface area (Å²) in [6.45, 7) is 2.54. The number of anilines is 1. The van der Waals surface area contributed by atoms with Gasteiger partial charge >= 0.3 is 0 Å². The average Bonchev–Trinajstić information content (AvgIpc) is 3.36. The third kappa shape index (κ3) is 3.74. The third-order valence-electron chi connectivity index (χ3n) is 4.98. The molecule has 0 spiro atoms. The second-order valence-corrected chi connectivity index (χ2v) is 7.05.